The number of morpholine rings is 1. The van der Waals surface area contributed by atoms with Crippen LogP contribution in [0.5, 0.6) is 5.75 Å². The molecule has 1 saturated heterocycles. The van der Waals surface area contributed by atoms with Crippen molar-refractivity contribution in [3.63, 3.8) is 0 Å². The van der Waals surface area contributed by atoms with Crippen LogP contribution in [0.4, 0.5) is 0 Å². The number of pyridine rings is 1. The van der Waals surface area contributed by atoms with Gasteiger partial charge in [-0.15, -0.1) is 5.10 Å². The van der Waals surface area contributed by atoms with Crippen molar-refractivity contribution >= 4 is 10.9 Å². The highest BCUT2D eigenvalue weighted by atomic mass is 16.5. The van der Waals surface area contributed by atoms with Crippen LogP contribution < -0.4 is 15.2 Å². The van der Waals surface area contributed by atoms with Crippen LogP contribution in [-0.2, 0) is 11.3 Å². The quantitative estimate of drug-likeness (QED) is 0.455. The first kappa shape index (κ1) is 21.3. The molecule has 0 bridgehead atoms. The fourth-order valence-electron chi connectivity index (χ4n) is 4.46. The van der Waals surface area contributed by atoms with E-state index < -0.39 is 0 Å². The number of ether oxygens (including phenoxy) is 2. The van der Waals surface area contributed by atoms with Gasteiger partial charge in [-0.2, -0.15) is 0 Å². The molecule has 0 unspecified atom stereocenters. The number of tetrazole rings is 1. The Morgan fingerprint density at radius 3 is 2.70 bits per heavy atom. The minimum absolute atomic E-state index is 0.116. The second-order valence-corrected chi connectivity index (χ2v) is 8.39. The summed E-state index contributed by atoms with van der Waals surface area (Å²) in [6.45, 7) is 5.35. The normalized spacial score (nSPS) is 15.6. The Bertz CT molecular complexity index is 1310. The average Bonchev–Trinajstić information content (AvgIpc) is 3.28. The molecule has 0 amide bonds. The average molecular weight is 448 g/mol. The van der Waals surface area contributed by atoms with E-state index in [2.05, 4.69) is 26.6 Å². The first-order valence-electron chi connectivity index (χ1n) is 11.1. The molecule has 0 spiro atoms. The number of quaternary nitrogens is 1. The van der Waals surface area contributed by atoms with Crippen LogP contribution in [0.15, 0.2) is 53.3 Å². The lowest BCUT2D eigenvalue weighted by molar-refractivity contribution is -0.933. The van der Waals surface area contributed by atoms with Crippen LogP contribution in [-0.4, -0.2) is 58.6 Å². The number of nitrogens with zero attached hydrogens (tertiary/aromatic N) is 4. The molecule has 33 heavy (non-hydrogen) atoms. The topological polar surface area (TPSA) is 99.4 Å². The lowest BCUT2D eigenvalue weighted by atomic mass is 10.0. The summed E-state index contributed by atoms with van der Waals surface area (Å²) in [5, 5.41) is 13.6. The summed E-state index contributed by atoms with van der Waals surface area (Å²) in [4.78, 5) is 17.5. The molecule has 0 radical (unpaired) electrons. The molecule has 9 nitrogen and oxygen atoms in total. The number of hydrogen-bond acceptors (Lipinski definition) is 6. The summed E-state index contributed by atoms with van der Waals surface area (Å²) in [6, 6.07) is 15.5. The summed E-state index contributed by atoms with van der Waals surface area (Å²) in [7, 11) is 1.65. The van der Waals surface area contributed by atoms with Gasteiger partial charge in [0.25, 0.3) is 5.56 Å². The molecule has 2 aromatic carbocycles. The molecule has 1 aliphatic heterocycles. The molecule has 9 heteroatoms. The van der Waals surface area contributed by atoms with Gasteiger partial charge < -0.3 is 19.4 Å². The number of aryl methyl sites for hydroxylation is 1. The standard InChI is InChI=1S/C24H26N6O3/c1-16-3-8-21-18(13-16)14-20(24(31)25-21)22(29-9-11-33-12-10-29)23-26-27-28-30(23)15-17-4-6-19(32-2)7-5-17/h3-8,13-14,22H,9-12,15H2,1-2H3,(H,25,31)/p+1/t22-/m1/s1. The van der Waals surface area contributed by atoms with Crippen molar-refractivity contribution in [1.82, 2.24) is 25.2 Å². The van der Waals surface area contributed by atoms with Crippen LogP contribution >= 0.6 is 0 Å². The number of rotatable bonds is 6. The van der Waals surface area contributed by atoms with Crippen molar-refractivity contribution in [1.29, 1.82) is 0 Å². The number of methoxy groups -OCH3 is 1. The van der Waals surface area contributed by atoms with Crippen molar-refractivity contribution in [3.05, 3.63) is 81.4 Å². The number of hydrogen-bond donors (Lipinski definition) is 2. The van der Waals surface area contributed by atoms with Crippen molar-refractivity contribution in [2.75, 3.05) is 33.4 Å². The van der Waals surface area contributed by atoms with Gasteiger partial charge in [0, 0.05) is 5.52 Å². The summed E-state index contributed by atoms with van der Waals surface area (Å²) < 4.78 is 12.6. The van der Waals surface area contributed by atoms with Crippen LogP contribution in [0.3, 0.4) is 0 Å². The number of benzene rings is 2. The van der Waals surface area contributed by atoms with Gasteiger partial charge in [-0.25, -0.2) is 4.68 Å². The van der Waals surface area contributed by atoms with E-state index in [1.807, 2.05) is 49.4 Å². The number of aromatic nitrogens is 5. The zero-order valence-corrected chi connectivity index (χ0v) is 18.7. The number of H-pyrrole nitrogens is 1. The highest BCUT2D eigenvalue weighted by molar-refractivity contribution is 5.79. The Morgan fingerprint density at radius 1 is 1.15 bits per heavy atom. The summed E-state index contributed by atoms with van der Waals surface area (Å²) in [5.41, 5.74) is 3.55. The van der Waals surface area contributed by atoms with Gasteiger partial charge in [0.05, 0.1) is 32.4 Å². The Labute approximate surface area is 190 Å². The van der Waals surface area contributed by atoms with Crippen LogP contribution in [0.1, 0.15) is 28.6 Å². The van der Waals surface area contributed by atoms with Gasteiger partial charge in [-0.3, -0.25) is 4.79 Å². The molecule has 1 aliphatic rings. The van der Waals surface area contributed by atoms with Gasteiger partial charge >= 0.3 is 0 Å². The Kier molecular flexibility index (Phi) is 5.89. The maximum absolute atomic E-state index is 13.2. The van der Waals surface area contributed by atoms with Gasteiger partial charge in [-0.05, 0) is 58.6 Å². The van der Waals surface area contributed by atoms with Crippen LogP contribution in [0, 0.1) is 6.92 Å². The molecular weight excluding hydrogens is 420 g/mol. The second-order valence-electron chi connectivity index (χ2n) is 8.39. The molecule has 1 atom stereocenters. The molecule has 2 aromatic heterocycles. The van der Waals surface area contributed by atoms with E-state index in [0.717, 1.165) is 40.9 Å². The predicted molar refractivity (Wildman–Crippen MR) is 123 cm³/mol. The number of aromatic amines is 1. The highest BCUT2D eigenvalue weighted by Crippen LogP contribution is 2.20. The zero-order valence-electron chi connectivity index (χ0n) is 18.7. The Balaban J connectivity index is 1.58. The molecule has 3 heterocycles. The zero-order chi connectivity index (χ0) is 22.8. The third-order valence-corrected chi connectivity index (χ3v) is 6.19. The summed E-state index contributed by atoms with van der Waals surface area (Å²) in [6.07, 6.45) is 0. The van der Waals surface area contributed by atoms with E-state index in [-0.39, 0.29) is 11.6 Å². The van der Waals surface area contributed by atoms with Crippen molar-refractivity contribution in [2.24, 2.45) is 0 Å². The number of fused-ring (bicyclic) bond motifs is 1. The lowest BCUT2D eigenvalue weighted by Gasteiger charge is -2.30. The van der Waals surface area contributed by atoms with Crippen LogP contribution in [0.2, 0.25) is 0 Å². The van der Waals surface area contributed by atoms with E-state index in [1.54, 1.807) is 11.8 Å². The van der Waals surface area contributed by atoms with E-state index in [1.165, 1.54) is 4.90 Å². The maximum Gasteiger partial charge on any atom is 0.258 e. The van der Waals surface area contributed by atoms with Crippen molar-refractivity contribution < 1.29 is 14.4 Å². The van der Waals surface area contributed by atoms with Gasteiger partial charge in [-0.1, -0.05) is 23.8 Å². The van der Waals surface area contributed by atoms with Crippen molar-refractivity contribution in [2.45, 2.75) is 19.5 Å². The van der Waals surface area contributed by atoms with Crippen LogP contribution in [0.25, 0.3) is 10.9 Å². The van der Waals surface area contributed by atoms with E-state index in [4.69, 9.17) is 9.47 Å². The first-order valence-corrected chi connectivity index (χ1v) is 11.1. The number of nitrogens with one attached hydrogen (secondary N) is 2. The summed E-state index contributed by atoms with van der Waals surface area (Å²) in [5.74, 6) is 1.46. The third kappa shape index (κ3) is 4.37. The molecule has 5 rings (SSSR count). The molecule has 0 aliphatic carbocycles. The molecule has 170 valence electrons. The summed E-state index contributed by atoms with van der Waals surface area (Å²) >= 11 is 0. The molecule has 1 fully saturated rings. The Morgan fingerprint density at radius 2 is 1.94 bits per heavy atom. The van der Waals surface area contributed by atoms with E-state index >= 15 is 0 Å². The minimum Gasteiger partial charge on any atom is -0.497 e. The third-order valence-electron chi connectivity index (χ3n) is 6.19. The fourth-order valence-corrected chi connectivity index (χ4v) is 4.46. The highest BCUT2D eigenvalue weighted by Gasteiger charge is 2.35. The molecule has 2 N–H and O–H groups in total. The van der Waals surface area contributed by atoms with Gasteiger partial charge in [0.2, 0.25) is 5.82 Å². The minimum atomic E-state index is -0.309. The SMILES string of the molecule is COc1ccc(Cn2nnnc2[C@@H](c2cc3cc(C)ccc3[nH]c2=O)[NH+]2CCOCC2)cc1. The molecular formula is C24H27N6O3+. The first-order chi connectivity index (χ1) is 16.1. The monoisotopic (exact) mass is 447 g/mol. The smallest absolute Gasteiger partial charge is 0.258 e. The molecule has 4 aromatic rings. The maximum atomic E-state index is 13.2. The second kappa shape index (κ2) is 9.13. The van der Waals surface area contributed by atoms with E-state index in [9.17, 15) is 4.79 Å². The van der Waals surface area contributed by atoms with E-state index in [0.29, 0.717) is 31.1 Å². The molecule has 0 saturated carbocycles. The van der Waals surface area contributed by atoms with Gasteiger partial charge in [0.15, 0.2) is 6.04 Å². The predicted octanol–water partition coefficient (Wildman–Crippen LogP) is 0.884. The lowest BCUT2D eigenvalue weighted by Crippen LogP contribution is -3.14. The largest absolute Gasteiger partial charge is 0.497 e. The van der Waals surface area contributed by atoms with Gasteiger partial charge in [0.1, 0.15) is 18.8 Å². The van der Waals surface area contributed by atoms with Crippen molar-refractivity contribution in [3.8, 4) is 5.75 Å². The fraction of sp³-hybridized carbons (Fsp3) is 0.333. The Hall–Kier alpha value is -3.56.